The van der Waals surface area contributed by atoms with Crippen molar-refractivity contribution in [3.63, 3.8) is 0 Å². The maximum atomic E-state index is 12.4. The molecule has 7 heteroatoms. The van der Waals surface area contributed by atoms with E-state index in [2.05, 4.69) is 0 Å². The van der Waals surface area contributed by atoms with Crippen LogP contribution in [0.25, 0.3) is 0 Å². The molecule has 0 unspecified atom stereocenters. The molecule has 0 atom stereocenters. The van der Waals surface area contributed by atoms with Crippen LogP contribution in [0.5, 0.6) is 5.75 Å². The summed E-state index contributed by atoms with van der Waals surface area (Å²) >= 11 is 0. The lowest BCUT2D eigenvalue weighted by atomic mass is 9.82. The number of ether oxygens (including phenoxy) is 1. The number of hydrogen-bond donors (Lipinski definition) is 1. The third-order valence-corrected chi connectivity index (χ3v) is 3.71. The summed E-state index contributed by atoms with van der Waals surface area (Å²) in [6, 6.07) is 3.96. The topological polar surface area (TPSA) is 92.9 Å². The molecule has 0 heterocycles. The van der Waals surface area contributed by atoms with Crippen molar-refractivity contribution in [2.45, 2.75) is 18.9 Å². The molecule has 1 aliphatic rings. The Morgan fingerprint density at radius 2 is 2.19 bits per heavy atom. The highest BCUT2D eigenvalue weighted by molar-refractivity contribution is 5.97. The van der Waals surface area contributed by atoms with E-state index in [0.29, 0.717) is 25.1 Å². The molecule has 1 saturated carbocycles. The van der Waals surface area contributed by atoms with Gasteiger partial charge in [0.1, 0.15) is 5.75 Å². The van der Waals surface area contributed by atoms with E-state index in [0.717, 1.165) is 0 Å². The van der Waals surface area contributed by atoms with Crippen molar-refractivity contribution in [3.05, 3.63) is 33.9 Å². The van der Waals surface area contributed by atoms with Crippen LogP contribution >= 0.6 is 0 Å². The molecule has 1 amide bonds. The van der Waals surface area contributed by atoms with Gasteiger partial charge in [0.15, 0.2) is 0 Å². The standard InChI is InChI=1S/C14H18N2O5/c1-15(8-9-5-11(17)6-9)14(18)12-7-10(16(19)20)3-4-13(12)21-2/h3-4,7,9,11,17H,5-6,8H2,1-2H3. The number of nitro groups is 1. The predicted octanol–water partition coefficient (Wildman–Crippen LogP) is 1.45. The fourth-order valence-corrected chi connectivity index (χ4v) is 2.50. The molecule has 1 fully saturated rings. The van der Waals surface area contributed by atoms with E-state index in [1.807, 2.05) is 0 Å². The number of nitro benzene ring substituents is 1. The Kier molecular flexibility index (Phi) is 4.42. The smallest absolute Gasteiger partial charge is 0.270 e. The number of benzene rings is 1. The molecule has 1 N–H and O–H groups in total. The highest BCUT2D eigenvalue weighted by Gasteiger charge is 2.30. The van der Waals surface area contributed by atoms with Gasteiger partial charge in [-0.15, -0.1) is 0 Å². The molecule has 1 aliphatic carbocycles. The van der Waals surface area contributed by atoms with E-state index in [-0.39, 0.29) is 29.2 Å². The van der Waals surface area contributed by atoms with Gasteiger partial charge in [0.05, 0.1) is 23.7 Å². The Hall–Kier alpha value is -2.15. The lowest BCUT2D eigenvalue weighted by molar-refractivity contribution is -0.384. The van der Waals surface area contributed by atoms with Crippen LogP contribution < -0.4 is 4.74 Å². The van der Waals surface area contributed by atoms with Crippen LogP contribution in [0.1, 0.15) is 23.2 Å². The number of rotatable bonds is 5. The van der Waals surface area contributed by atoms with E-state index < -0.39 is 4.92 Å². The van der Waals surface area contributed by atoms with E-state index in [1.165, 1.54) is 30.2 Å². The predicted molar refractivity (Wildman–Crippen MR) is 75.3 cm³/mol. The second kappa shape index (κ2) is 6.09. The van der Waals surface area contributed by atoms with Gasteiger partial charge in [-0.2, -0.15) is 0 Å². The van der Waals surface area contributed by atoms with Crippen molar-refractivity contribution >= 4 is 11.6 Å². The first-order valence-electron chi connectivity index (χ1n) is 6.68. The molecular weight excluding hydrogens is 276 g/mol. The number of methoxy groups -OCH3 is 1. The molecule has 2 rings (SSSR count). The first kappa shape index (κ1) is 15.2. The SMILES string of the molecule is COc1ccc([N+](=O)[O-])cc1C(=O)N(C)CC1CC(O)C1. The van der Waals surface area contributed by atoms with Gasteiger partial charge in [0, 0.05) is 25.7 Å². The summed E-state index contributed by atoms with van der Waals surface area (Å²) in [5, 5.41) is 20.1. The van der Waals surface area contributed by atoms with Crippen molar-refractivity contribution in [1.29, 1.82) is 0 Å². The number of carbonyl (C=O) groups is 1. The van der Waals surface area contributed by atoms with Crippen LogP contribution in [0, 0.1) is 16.0 Å². The van der Waals surface area contributed by atoms with Crippen LogP contribution in [-0.2, 0) is 0 Å². The first-order chi connectivity index (χ1) is 9.92. The van der Waals surface area contributed by atoms with Crippen molar-refractivity contribution in [2.75, 3.05) is 20.7 Å². The van der Waals surface area contributed by atoms with Crippen molar-refractivity contribution in [2.24, 2.45) is 5.92 Å². The summed E-state index contributed by atoms with van der Waals surface area (Å²) in [6.07, 6.45) is 1.10. The summed E-state index contributed by atoms with van der Waals surface area (Å²) in [6.45, 7) is 0.516. The van der Waals surface area contributed by atoms with Crippen LogP contribution in [0.2, 0.25) is 0 Å². The van der Waals surface area contributed by atoms with E-state index >= 15 is 0 Å². The molecule has 1 aromatic rings. The average Bonchev–Trinajstić information content (AvgIpc) is 2.43. The Labute approximate surface area is 122 Å². The maximum absolute atomic E-state index is 12.4. The minimum Gasteiger partial charge on any atom is -0.496 e. The lowest BCUT2D eigenvalue weighted by Gasteiger charge is -2.34. The monoisotopic (exact) mass is 294 g/mol. The summed E-state index contributed by atoms with van der Waals surface area (Å²) in [5.41, 5.74) is 0.0284. The van der Waals surface area contributed by atoms with Gasteiger partial charge >= 0.3 is 0 Å². The van der Waals surface area contributed by atoms with Crippen LogP contribution in [0.15, 0.2) is 18.2 Å². The number of nitrogens with zero attached hydrogens (tertiary/aromatic N) is 2. The molecule has 0 aromatic heterocycles. The Bertz CT molecular complexity index is 554. The molecule has 0 aliphatic heterocycles. The van der Waals surface area contributed by atoms with E-state index in [1.54, 1.807) is 7.05 Å². The van der Waals surface area contributed by atoms with Crippen molar-refractivity contribution in [3.8, 4) is 5.75 Å². The highest BCUT2D eigenvalue weighted by atomic mass is 16.6. The van der Waals surface area contributed by atoms with Gasteiger partial charge in [-0.25, -0.2) is 0 Å². The zero-order chi connectivity index (χ0) is 15.6. The van der Waals surface area contributed by atoms with Gasteiger partial charge in [0.2, 0.25) is 0 Å². The molecule has 114 valence electrons. The maximum Gasteiger partial charge on any atom is 0.270 e. The van der Waals surface area contributed by atoms with Crippen LogP contribution in [-0.4, -0.2) is 47.6 Å². The molecule has 0 saturated heterocycles. The average molecular weight is 294 g/mol. The Balaban J connectivity index is 2.16. The Morgan fingerprint density at radius 1 is 1.52 bits per heavy atom. The molecule has 21 heavy (non-hydrogen) atoms. The van der Waals surface area contributed by atoms with Crippen LogP contribution in [0.4, 0.5) is 5.69 Å². The third kappa shape index (κ3) is 3.30. The normalized spacial score (nSPS) is 20.5. The minimum atomic E-state index is -0.543. The summed E-state index contributed by atoms with van der Waals surface area (Å²) < 4.78 is 5.10. The van der Waals surface area contributed by atoms with Gasteiger partial charge in [-0.05, 0) is 24.8 Å². The summed E-state index contributed by atoms with van der Waals surface area (Å²) in [5.74, 6) is 0.265. The number of hydrogen-bond acceptors (Lipinski definition) is 5. The number of carbonyl (C=O) groups excluding carboxylic acids is 1. The summed E-state index contributed by atoms with van der Waals surface area (Å²) in [4.78, 5) is 24.2. The molecule has 1 aromatic carbocycles. The van der Waals surface area contributed by atoms with E-state index in [4.69, 9.17) is 4.74 Å². The van der Waals surface area contributed by atoms with Crippen LogP contribution in [0.3, 0.4) is 0 Å². The quantitative estimate of drug-likeness (QED) is 0.655. The van der Waals surface area contributed by atoms with Gasteiger partial charge in [-0.3, -0.25) is 14.9 Å². The first-order valence-corrected chi connectivity index (χ1v) is 6.68. The zero-order valence-electron chi connectivity index (χ0n) is 12.0. The number of amides is 1. The van der Waals surface area contributed by atoms with Crippen molar-refractivity contribution < 1.29 is 19.6 Å². The van der Waals surface area contributed by atoms with Gasteiger partial charge < -0.3 is 14.7 Å². The molecule has 0 spiro atoms. The lowest BCUT2D eigenvalue weighted by Crippen LogP contribution is -2.39. The molecule has 0 bridgehead atoms. The number of aliphatic hydroxyl groups is 1. The largest absolute Gasteiger partial charge is 0.496 e. The number of aliphatic hydroxyl groups excluding tert-OH is 1. The highest BCUT2D eigenvalue weighted by Crippen LogP contribution is 2.29. The van der Waals surface area contributed by atoms with Gasteiger partial charge in [0.25, 0.3) is 11.6 Å². The van der Waals surface area contributed by atoms with Crippen molar-refractivity contribution in [1.82, 2.24) is 4.90 Å². The second-order valence-electron chi connectivity index (χ2n) is 5.32. The fraction of sp³-hybridized carbons (Fsp3) is 0.500. The third-order valence-electron chi connectivity index (χ3n) is 3.71. The van der Waals surface area contributed by atoms with Gasteiger partial charge in [-0.1, -0.05) is 0 Å². The summed E-state index contributed by atoms with van der Waals surface area (Å²) in [7, 11) is 3.06. The fourth-order valence-electron chi connectivity index (χ4n) is 2.50. The van der Waals surface area contributed by atoms with E-state index in [9.17, 15) is 20.0 Å². The zero-order valence-corrected chi connectivity index (χ0v) is 12.0. The molecule has 7 nitrogen and oxygen atoms in total. The minimum absolute atomic E-state index is 0.147. The Morgan fingerprint density at radius 3 is 2.71 bits per heavy atom. The second-order valence-corrected chi connectivity index (χ2v) is 5.32. The number of non-ortho nitro benzene ring substituents is 1. The molecular formula is C14H18N2O5. The molecule has 0 radical (unpaired) electrons.